The summed E-state index contributed by atoms with van der Waals surface area (Å²) in [4.78, 5) is 12.3. The highest BCUT2D eigenvalue weighted by Crippen LogP contribution is 2.35. The lowest BCUT2D eigenvalue weighted by atomic mass is 9.77. The topological polar surface area (TPSA) is 55.1 Å². The molecule has 1 aliphatic carbocycles. The first kappa shape index (κ1) is 13.7. The fraction of sp³-hybridized carbons (Fsp3) is 0.125. The summed E-state index contributed by atoms with van der Waals surface area (Å²) in [6, 6.07) is 12.2. The molecule has 0 radical (unpaired) electrons. The van der Waals surface area contributed by atoms with Gasteiger partial charge in [0.2, 0.25) is 5.91 Å². The molecule has 0 saturated carbocycles. The molecule has 0 bridgehead atoms. The number of hydrogen-bond acceptors (Lipinski definition) is 2. The van der Waals surface area contributed by atoms with Gasteiger partial charge in [-0.05, 0) is 29.7 Å². The molecular formula is C16H13FN2OS. The van der Waals surface area contributed by atoms with E-state index in [9.17, 15) is 9.18 Å². The molecule has 21 heavy (non-hydrogen) atoms. The van der Waals surface area contributed by atoms with Crippen molar-refractivity contribution >= 4 is 28.8 Å². The van der Waals surface area contributed by atoms with E-state index in [4.69, 9.17) is 18.0 Å². The molecule has 0 aromatic heterocycles. The van der Waals surface area contributed by atoms with Crippen LogP contribution in [0, 0.1) is 5.82 Å². The first-order valence-corrected chi connectivity index (χ1v) is 6.95. The minimum Gasteiger partial charge on any atom is -0.389 e. The lowest BCUT2D eigenvalue weighted by Gasteiger charge is -2.29. The molecule has 2 aromatic rings. The number of carbonyl (C=O) groups excluding carboxylic acids is 1. The molecule has 2 aromatic carbocycles. The largest absolute Gasteiger partial charge is 0.389 e. The van der Waals surface area contributed by atoms with Crippen molar-refractivity contribution in [2.75, 3.05) is 5.32 Å². The van der Waals surface area contributed by atoms with Gasteiger partial charge >= 0.3 is 0 Å². The van der Waals surface area contributed by atoms with Gasteiger partial charge in [-0.2, -0.15) is 0 Å². The average molecular weight is 300 g/mol. The Hall–Kier alpha value is -2.27. The highest BCUT2D eigenvalue weighted by atomic mass is 32.1. The maximum absolute atomic E-state index is 13.8. The van der Waals surface area contributed by atoms with Crippen molar-refractivity contribution in [3.8, 4) is 0 Å². The van der Waals surface area contributed by atoms with Gasteiger partial charge < -0.3 is 11.1 Å². The lowest BCUT2D eigenvalue weighted by Crippen LogP contribution is -2.31. The van der Waals surface area contributed by atoms with Gasteiger partial charge in [0.1, 0.15) is 10.8 Å². The number of anilines is 1. The fourth-order valence-corrected chi connectivity index (χ4v) is 2.80. The molecule has 1 amide bonds. The van der Waals surface area contributed by atoms with Gasteiger partial charge in [0.05, 0.1) is 17.2 Å². The summed E-state index contributed by atoms with van der Waals surface area (Å²) in [5.74, 6) is -0.908. The molecule has 1 atom stereocenters. The minimum absolute atomic E-state index is 0.0718. The van der Waals surface area contributed by atoms with Crippen LogP contribution in [0.1, 0.15) is 22.6 Å². The molecular weight excluding hydrogens is 287 g/mol. The SMILES string of the molecule is NC(=S)c1c(F)cccc1NC(=O)C1Cc2ccccc21. The van der Waals surface area contributed by atoms with Gasteiger partial charge in [0.15, 0.2) is 0 Å². The van der Waals surface area contributed by atoms with Gasteiger partial charge in [-0.1, -0.05) is 42.5 Å². The van der Waals surface area contributed by atoms with Gasteiger partial charge in [-0.25, -0.2) is 4.39 Å². The van der Waals surface area contributed by atoms with Crippen LogP contribution < -0.4 is 11.1 Å². The molecule has 0 saturated heterocycles. The zero-order valence-corrected chi connectivity index (χ0v) is 11.9. The van der Waals surface area contributed by atoms with Crippen LogP contribution in [-0.2, 0) is 11.2 Å². The number of halogens is 1. The Labute approximate surface area is 127 Å². The summed E-state index contributed by atoms with van der Waals surface area (Å²) < 4.78 is 13.8. The van der Waals surface area contributed by atoms with Crippen LogP contribution in [0.2, 0.25) is 0 Å². The number of nitrogens with two attached hydrogens (primary N) is 1. The zero-order valence-electron chi connectivity index (χ0n) is 11.1. The van der Waals surface area contributed by atoms with E-state index >= 15 is 0 Å². The van der Waals surface area contributed by atoms with Crippen LogP contribution in [-0.4, -0.2) is 10.9 Å². The Balaban J connectivity index is 1.84. The third-order valence-corrected chi connectivity index (χ3v) is 3.89. The highest BCUT2D eigenvalue weighted by molar-refractivity contribution is 7.80. The van der Waals surface area contributed by atoms with E-state index in [1.165, 1.54) is 17.7 Å². The number of hydrogen-bond donors (Lipinski definition) is 2. The van der Waals surface area contributed by atoms with Crippen molar-refractivity contribution in [1.29, 1.82) is 0 Å². The summed E-state index contributed by atoms with van der Waals surface area (Å²) in [6.07, 6.45) is 0.694. The second-order valence-electron chi connectivity index (χ2n) is 4.97. The Bertz CT molecular complexity index is 745. The van der Waals surface area contributed by atoms with Crippen molar-refractivity contribution in [2.24, 2.45) is 5.73 Å². The maximum Gasteiger partial charge on any atom is 0.232 e. The molecule has 0 heterocycles. The lowest BCUT2D eigenvalue weighted by molar-refractivity contribution is -0.118. The summed E-state index contributed by atoms with van der Waals surface area (Å²) in [6.45, 7) is 0. The van der Waals surface area contributed by atoms with Gasteiger partial charge in [-0.3, -0.25) is 4.79 Å². The highest BCUT2D eigenvalue weighted by Gasteiger charge is 2.32. The Morgan fingerprint density at radius 1 is 1.24 bits per heavy atom. The van der Waals surface area contributed by atoms with Gasteiger partial charge in [0, 0.05) is 0 Å². The number of amides is 1. The minimum atomic E-state index is -0.533. The van der Waals surface area contributed by atoms with E-state index in [-0.39, 0.29) is 22.4 Å². The van der Waals surface area contributed by atoms with Crippen LogP contribution in [0.25, 0.3) is 0 Å². The van der Waals surface area contributed by atoms with E-state index in [0.717, 1.165) is 5.56 Å². The number of carbonyl (C=O) groups is 1. The second kappa shape index (κ2) is 5.26. The molecule has 1 unspecified atom stereocenters. The quantitative estimate of drug-likeness (QED) is 0.857. The number of thiocarbonyl (C=S) groups is 1. The average Bonchev–Trinajstić information content (AvgIpc) is 2.39. The molecule has 0 spiro atoms. The Morgan fingerprint density at radius 3 is 2.71 bits per heavy atom. The van der Waals surface area contributed by atoms with Gasteiger partial charge in [0.25, 0.3) is 0 Å². The standard InChI is InChI=1S/C16H13FN2OS/c17-12-6-3-7-13(14(12)15(18)21)19-16(20)11-8-9-4-1-2-5-10(9)11/h1-7,11H,8H2,(H2,18,21)(H,19,20). The molecule has 1 aliphatic rings. The predicted molar refractivity (Wildman–Crippen MR) is 83.8 cm³/mol. The Morgan fingerprint density at radius 2 is 2.00 bits per heavy atom. The van der Waals surface area contributed by atoms with Crippen molar-refractivity contribution in [3.63, 3.8) is 0 Å². The third-order valence-electron chi connectivity index (χ3n) is 3.69. The van der Waals surface area contributed by atoms with Crippen molar-refractivity contribution in [1.82, 2.24) is 0 Å². The molecule has 0 fully saturated rings. The Kier molecular flexibility index (Phi) is 3.43. The van der Waals surface area contributed by atoms with Gasteiger partial charge in [-0.15, -0.1) is 0 Å². The molecule has 3 N–H and O–H groups in total. The first-order valence-electron chi connectivity index (χ1n) is 6.55. The molecule has 106 valence electrons. The predicted octanol–water partition coefficient (Wildman–Crippen LogP) is 2.74. The molecule has 5 heteroatoms. The van der Waals surface area contributed by atoms with Crippen LogP contribution in [0.15, 0.2) is 42.5 Å². The van der Waals surface area contributed by atoms with Crippen molar-refractivity contribution < 1.29 is 9.18 Å². The first-order chi connectivity index (χ1) is 10.1. The van der Waals surface area contributed by atoms with E-state index in [1.54, 1.807) is 6.07 Å². The monoisotopic (exact) mass is 300 g/mol. The molecule has 0 aliphatic heterocycles. The van der Waals surface area contributed by atoms with Crippen LogP contribution in [0.3, 0.4) is 0 Å². The number of benzene rings is 2. The maximum atomic E-state index is 13.8. The fourth-order valence-electron chi connectivity index (χ4n) is 2.59. The third kappa shape index (κ3) is 2.40. The number of nitrogens with one attached hydrogen (secondary N) is 1. The van der Waals surface area contributed by atoms with Crippen LogP contribution >= 0.6 is 12.2 Å². The van der Waals surface area contributed by atoms with Crippen molar-refractivity contribution in [2.45, 2.75) is 12.3 Å². The van der Waals surface area contributed by atoms with Crippen LogP contribution in [0.4, 0.5) is 10.1 Å². The normalized spacial score (nSPS) is 15.8. The van der Waals surface area contributed by atoms with E-state index < -0.39 is 5.82 Å². The summed E-state index contributed by atoms with van der Waals surface area (Å²) in [5.41, 5.74) is 8.11. The number of rotatable bonds is 3. The smallest absolute Gasteiger partial charge is 0.232 e. The molecule has 3 rings (SSSR count). The van der Waals surface area contributed by atoms with Crippen LogP contribution in [0.5, 0.6) is 0 Å². The van der Waals surface area contributed by atoms with E-state index in [0.29, 0.717) is 12.1 Å². The van der Waals surface area contributed by atoms with Crippen molar-refractivity contribution in [3.05, 3.63) is 65.0 Å². The second-order valence-corrected chi connectivity index (χ2v) is 5.41. The summed E-state index contributed by atoms with van der Waals surface area (Å²) in [5, 5.41) is 2.73. The van der Waals surface area contributed by atoms with E-state index in [2.05, 4.69) is 5.32 Å². The zero-order chi connectivity index (χ0) is 15.0. The van der Waals surface area contributed by atoms with E-state index in [1.807, 2.05) is 24.3 Å². The molecule has 3 nitrogen and oxygen atoms in total. The number of fused-ring (bicyclic) bond motifs is 1. The summed E-state index contributed by atoms with van der Waals surface area (Å²) in [7, 11) is 0. The summed E-state index contributed by atoms with van der Waals surface area (Å²) >= 11 is 4.85.